The molecule has 0 aromatic heterocycles. The molecule has 0 fully saturated rings. The Morgan fingerprint density at radius 3 is 2.93 bits per heavy atom. The predicted molar refractivity (Wildman–Crippen MR) is 59.9 cm³/mol. The summed E-state index contributed by atoms with van der Waals surface area (Å²) in [5.74, 6) is 2.65. The number of hydrogen-bond acceptors (Lipinski definition) is 2. The van der Waals surface area contributed by atoms with Gasteiger partial charge in [0.05, 0.1) is 12.4 Å². The molecule has 0 spiro atoms. The van der Waals surface area contributed by atoms with Gasteiger partial charge in [0, 0.05) is 13.0 Å². The molecule has 0 saturated heterocycles. The quantitative estimate of drug-likeness (QED) is 0.752. The van der Waals surface area contributed by atoms with Crippen molar-refractivity contribution in [3.8, 4) is 0 Å². The minimum absolute atomic E-state index is 0.614. The van der Waals surface area contributed by atoms with Gasteiger partial charge >= 0.3 is 0 Å². The van der Waals surface area contributed by atoms with Crippen molar-refractivity contribution in [2.75, 3.05) is 13.2 Å². The van der Waals surface area contributed by atoms with E-state index in [1.807, 2.05) is 0 Å². The van der Waals surface area contributed by atoms with Crippen LogP contribution in [0.4, 0.5) is 0 Å². The molecule has 0 aliphatic heterocycles. The van der Waals surface area contributed by atoms with Crippen LogP contribution in [-0.4, -0.2) is 13.2 Å². The van der Waals surface area contributed by atoms with Crippen LogP contribution in [-0.2, 0) is 4.74 Å². The third-order valence-corrected chi connectivity index (χ3v) is 2.93. The van der Waals surface area contributed by atoms with E-state index in [1.165, 1.54) is 25.0 Å². The van der Waals surface area contributed by atoms with Gasteiger partial charge in [-0.3, -0.25) is 0 Å². The van der Waals surface area contributed by atoms with Crippen molar-refractivity contribution in [3.63, 3.8) is 0 Å². The highest BCUT2D eigenvalue weighted by molar-refractivity contribution is 5.00. The van der Waals surface area contributed by atoms with Crippen molar-refractivity contribution in [1.29, 1.82) is 0 Å². The molecule has 0 saturated carbocycles. The molecular weight excluding hydrogens is 174 g/mol. The van der Waals surface area contributed by atoms with E-state index in [0.717, 1.165) is 12.3 Å². The van der Waals surface area contributed by atoms with Crippen LogP contribution in [0.5, 0.6) is 0 Å². The van der Waals surface area contributed by atoms with Crippen LogP contribution in [0, 0.1) is 11.8 Å². The van der Waals surface area contributed by atoms with Gasteiger partial charge in [-0.2, -0.15) is 0 Å². The van der Waals surface area contributed by atoms with E-state index in [4.69, 9.17) is 10.5 Å². The third kappa shape index (κ3) is 3.70. The Morgan fingerprint density at radius 1 is 1.50 bits per heavy atom. The largest absolute Gasteiger partial charge is 0.497 e. The number of hydrogen-bond donors (Lipinski definition) is 1. The molecule has 2 atom stereocenters. The van der Waals surface area contributed by atoms with Gasteiger partial charge in [0.2, 0.25) is 0 Å². The molecule has 0 heterocycles. The van der Waals surface area contributed by atoms with Gasteiger partial charge in [0.25, 0.3) is 0 Å². The van der Waals surface area contributed by atoms with Gasteiger partial charge in [-0.25, -0.2) is 0 Å². The second-order valence-electron chi connectivity index (χ2n) is 4.33. The number of rotatable bonds is 4. The standard InChI is InChI=1S/C12H23NO/c1-3-11-5-4-10(2)8-12(9-11)14-7-6-13/h9-11H,3-8,13H2,1-2H3. The first-order valence-electron chi connectivity index (χ1n) is 5.79. The zero-order chi connectivity index (χ0) is 10.4. The molecule has 0 bridgehead atoms. The van der Waals surface area contributed by atoms with E-state index in [9.17, 15) is 0 Å². The van der Waals surface area contributed by atoms with Crippen molar-refractivity contribution in [2.45, 2.75) is 39.5 Å². The first-order valence-corrected chi connectivity index (χ1v) is 5.79. The maximum absolute atomic E-state index is 5.65. The minimum atomic E-state index is 0.614. The second-order valence-corrected chi connectivity index (χ2v) is 4.33. The van der Waals surface area contributed by atoms with Crippen LogP contribution in [0.15, 0.2) is 11.8 Å². The van der Waals surface area contributed by atoms with Gasteiger partial charge in [-0.1, -0.05) is 13.8 Å². The smallest absolute Gasteiger partial charge is 0.0999 e. The molecule has 0 aromatic carbocycles. The lowest BCUT2D eigenvalue weighted by atomic mass is 9.98. The summed E-state index contributed by atoms with van der Waals surface area (Å²) < 4.78 is 5.65. The monoisotopic (exact) mass is 197 g/mol. The molecule has 0 aromatic rings. The van der Waals surface area contributed by atoms with Gasteiger partial charge in [0.15, 0.2) is 0 Å². The van der Waals surface area contributed by atoms with E-state index < -0.39 is 0 Å². The van der Waals surface area contributed by atoms with Gasteiger partial charge in [-0.05, 0) is 37.2 Å². The molecule has 82 valence electrons. The highest BCUT2D eigenvalue weighted by Gasteiger charge is 2.16. The zero-order valence-electron chi connectivity index (χ0n) is 9.46. The number of ether oxygens (including phenoxy) is 1. The van der Waals surface area contributed by atoms with E-state index in [-0.39, 0.29) is 0 Å². The SMILES string of the molecule is CCC1C=C(OCCN)CC(C)CC1. The third-order valence-electron chi connectivity index (χ3n) is 2.93. The molecule has 2 unspecified atom stereocenters. The summed E-state index contributed by atoms with van der Waals surface area (Å²) in [6.07, 6.45) is 7.27. The maximum Gasteiger partial charge on any atom is 0.0999 e. The van der Waals surface area contributed by atoms with Crippen molar-refractivity contribution >= 4 is 0 Å². The molecule has 1 aliphatic rings. The van der Waals surface area contributed by atoms with Crippen LogP contribution < -0.4 is 5.73 Å². The van der Waals surface area contributed by atoms with Crippen LogP contribution in [0.3, 0.4) is 0 Å². The molecule has 0 radical (unpaired) electrons. The Hall–Kier alpha value is -0.500. The fourth-order valence-electron chi connectivity index (χ4n) is 1.98. The van der Waals surface area contributed by atoms with Crippen molar-refractivity contribution in [2.24, 2.45) is 17.6 Å². The summed E-state index contributed by atoms with van der Waals surface area (Å²) in [5, 5.41) is 0. The first-order chi connectivity index (χ1) is 6.76. The summed E-state index contributed by atoms with van der Waals surface area (Å²) in [6, 6.07) is 0. The minimum Gasteiger partial charge on any atom is -0.497 e. The maximum atomic E-state index is 5.65. The fraction of sp³-hybridized carbons (Fsp3) is 0.833. The van der Waals surface area contributed by atoms with Crippen LogP contribution in [0.25, 0.3) is 0 Å². The van der Waals surface area contributed by atoms with Crippen molar-refractivity contribution in [3.05, 3.63) is 11.8 Å². The summed E-state index contributed by atoms with van der Waals surface area (Å²) in [4.78, 5) is 0. The van der Waals surface area contributed by atoms with Crippen molar-refractivity contribution in [1.82, 2.24) is 0 Å². The van der Waals surface area contributed by atoms with Gasteiger partial charge in [0.1, 0.15) is 0 Å². The highest BCUT2D eigenvalue weighted by Crippen LogP contribution is 2.28. The Balaban J connectivity index is 2.52. The lowest BCUT2D eigenvalue weighted by Gasteiger charge is -2.11. The molecule has 0 amide bonds. The molecule has 14 heavy (non-hydrogen) atoms. The molecule has 2 nitrogen and oxygen atoms in total. The molecular formula is C12H23NO. The van der Waals surface area contributed by atoms with Gasteiger partial charge < -0.3 is 10.5 Å². The molecule has 2 N–H and O–H groups in total. The van der Waals surface area contributed by atoms with Crippen LogP contribution in [0.2, 0.25) is 0 Å². The lowest BCUT2D eigenvalue weighted by Crippen LogP contribution is -2.09. The van der Waals surface area contributed by atoms with Gasteiger partial charge in [-0.15, -0.1) is 0 Å². The summed E-state index contributed by atoms with van der Waals surface area (Å²) in [6.45, 7) is 5.83. The topological polar surface area (TPSA) is 35.2 Å². The van der Waals surface area contributed by atoms with Crippen molar-refractivity contribution < 1.29 is 4.74 Å². The predicted octanol–water partition coefficient (Wildman–Crippen LogP) is 2.69. The Bertz CT molecular complexity index is 189. The van der Waals surface area contributed by atoms with E-state index in [1.54, 1.807) is 0 Å². The summed E-state index contributed by atoms with van der Waals surface area (Å²) >= 11 is 0. The fourth-order valence-corrected chi connectivity index (χ4v) is 1.98. The number of nitrogens with two attached hydrogens (primary N) is 1. The number of allylic oxidation sites excluding steroid dienone is 2. The summed E-state index contributed by atoms with van der Waals surface area (Å²) in [5.41, 5.74) is 5.43. The molecule has 1 aliphatic carbocycles. The average molecular weight is 197 g/mol. The zero-order valence-corrected chi connectivity index (χ0v) is 9.46. The van der Waals surface area contributed by atoms with Crippen LogP contribution >= 0.6 is 0 Å². The molecule has 2 heteroatoms. The Kier molecular flexibility index (Phi) is 5.02. The summed E-state index contributed by atoms with van der Waals surface area (Å²) in [7, 11) is 0. The first kappa shape index (κ1) is 11.6. The average Bonchev–Trinajstić information content (AvgIpc) is 2.37. The normalized spacial score (nSPS) is 28.1. The second kappa shape index (κ2) is 6.07. The van der Waals surface area contributed by atoms with E-state index >= 15 is 0 Å². The van der Waals surface area contributed by atoms with Crippen LogP contribution in [0.1, 0.15) is 39.5 Å². The Labute approximate surface area is 87.5 Å². The lowest BCUT2D eigenvalue weighted by molar-refractivity contribution is 0.201. The molecule has 1 rings (SSSR count). The highest BCUT2D eigenvalue weighted by atomic mass is 16.5. The van der Waals surface area contributed by atoms with E-state index in [2.05, 4.69) is 19.9 Å². The van der Waals surface area contributed by atoms with E-state index in [0.29, 0.717) is 19.1 Å². The Morgan fingerprint density at radius 2 is 2.29 bits per heavy atom.